The van der Waals surface area contributed by atoms with Crippen molar-refractivity contribution < 1.29 is 28.9 Å². The molecular formula is C21H21NO6. The van der Waals surface area contributed by atoms with E-state index in [-0.39, 0.29) is 18.9 Å². The third kappa shape index (κ3) is 3.31. The van der Waals surface area contributed by atoms with Crippen LogP contribution in [0, 0.1) is 0 Å². The molecule has 1 aliphatic rings. The molecule has 0 fully saturated rings. The number of carboxylic acids is 1. The zero-order chi connectivity index (χ0) is 20.3. The number of nitrogens with zero attached hydrogens (tertiary/aromatic N) is 1. The zero-order valence-electron chi connectivity index (χ0n) is 15.9. The molecule has 0 aliphatic carbocycles. The largest absolute Gasteiger partial charge is 0.497 e. The summed E-state index contributed by atoms with van der Waals surface area (Å²) in [6.07, 6.45) is 0. The molecule has 28 heavy (non-hydrogen) atoms. The monoisotopic (exact) mass is 383 g/mol. The van der Waals surface area contributed by atoms with Gasteiger partial charge in [0.25, 0.3) is 0 Å². The molecule has 0 amide bonds. The maximum atomic E-state index is 12.0. The first kappa shape index (κ1) is 19.4. The molecule has 1 N–H and O–H groups in total. The molecule has 1 aliphatic heterocycles. The molecule has 2 aromatic carbocycles. The summed E-state index contributed by atoms with van der Waals surface area (Å²) in [5.41, 5.74) is 0.843. The van der Waals surface area contributed by atoms with Crippen LogP contribution in [0.25, 0.3) is 0 Å². The van der Waals surface area contributed by atoms with Crippen molar-refractivity contribution in [3.05, 3.63) is 53.6 Å². The number of hydrogen-bond donors (Lipinski definition) is 1. The Balaban J connectivity index is 2.12. The van der Waals surface area contributed by atoms with Crippen LogP contribution in [0.5, 0.6) is 11.5 Å². The quantitative estimate of drug-likeness (QED) is 0.738. The van der Waals surface area contributed by atoms with Crippen LogP contribution >= 0.6 is 0 Å². The van der Waals surface area contributed by atoms with Crippen LogP contribution in [0.15, 0.2) is 47.5 Å². The summed E-state index contributed by atoms with van der Waals surface area (Å²) >= 11 is 0. The Bertz CT molecular complexity index is 952. The minimum atomic E-state index is -1.12. The minimum Gasteiger partial charge on any atom is -0.497 e. The second kappa shape index (κ2) is 7.72. The third-order valence-electron chi connectivity index (χ3n) is 4.73. The van der Waals surface area contributed by atoms with Crippen LogP contribution in [0.2, 0.25) is 0 Å². The standard InChI is InChI=1S/C21H21NO6/c1-4-27-18(23)12-28-17-11-13(26-3)9-10-15(17)21(2)14-7-5-6-8-16(14)22-19(21)20(24)25/h5-11H,4,12H2,1-3H3,(H,24,25). The number of para-hydroxylation sites is 1. The fourth-order valence-electron chi connectivity index (χ4n) is 3.39. The fourth-order valence-corrected chi connectivity index (χ4v) is 3.39. The number of hydrogen-bond acceptors (Lipinski definition) is 6. The van der Waals surface area contributed by atoms with Gasteiger partial charge in [0.15, 0.2) is 6.61 Å². The van der Waals surface area contributed by atoms with E-state index in [4.69, 9.17) is 14.2 Å². The van der Waals surface area contributed by atoms with E-state index in [2.05, 4.69) is 4.99 Å². The smallest absolute Gasteiger partial charge is 0.351 e. The maximum Gasteiger partial charge on any atom is 0.351 e. The van der Waals surface area contributed by atoms with Gasteiger partial charge in [-0.1, -0.05) is 24.3 Å². The SMILES string of the molecule is CCOC(=O)COc1cc(OC)ccc1C1(C)C(C(=O)O)=Nc2ccccc21. The molecule has 0 bridgehead atoms. The van der Waals surface area contributed by atoms with Crippen molar-refractivity contribution in [3.8, 4) is 11.5 Å². The Hall–Kier alpha value is -3.35. The molecule has 0 saturated heterocycles. The van der Waals surface area contributed by atoms with Gasteiger partial charge in [-0.05, 0) is 31.5 Å². The van der Waals surface area contributed by atoms with Gasteiger partial charge in [-0.15, -0.1) is 0 Å². The Labute approximate surface area is 162 Å². The Morgan fingerprint density at radius 1 is 1.14 bits per heavy atom. The van der Waals surface area contributed by atoms with Crippen molar-refractivity contribution in [1.29, 1.82) is 0 Å². The fraction of sp³-hybridized carbons (Fsp3) is 0.286. The summed E-state index contributed by atoms with van der Waals surface area (Å²) in [5, 5.41) is 9.79. The summed E-state index contributed by atoms with van der Waals surface area (Å²) in [6, 6.07) is 12.3. The minimum absolute atomic E-state index is 0.0140. The lowest BCUT2D eigenvalue weighted by atomic mass is 9.73. The van der Waals surface area contributed by atoms with Gasteiger partial charge in [0.05, 0.1) is 24.8 Å². The number of benzene rings is 2. The van der Waals surface area contributed by atoms with E-state index in [0.717, 1.165) is 5.56 Å². The van der Waals surface area contributed by atoms with E-state index in [1.807, 2.05) is 12.1 Å². The second-order valence-electron chi connectivity index (χ2n) is 6.36. The van der Waals surface area contributed by atoms with E-state index in [0.29, 0.717) is 22.7 Å². The van der Waals surface area contributed by atoms with Crippen molar-refractivity contribution in [1.82, 2.24) is 0 Å². The molecule has 1 heterocycles. The maximum absolute atomic E-state index is 12.0. The first-order valence-electron chi connectivity index (χ1n) is 8.80. The first-order chi connectivity index (χ1) is 13.4. The average molecular weight is 383 g/mol. The van der Waals surface area contributed by atoms with E-state index in [1.165, 1.54) is 7.11 Å². The number of methoxy groups -OCH3 is 1. The second-order valence-corrected chi connectivity index (χ2v) is 6.36. The molecule has 0 radical (unpaired) electrons. The number of rotatable bonds is 7. The molecule has 0 aromatic heterocycles. The van der Waals surface area contributed by atoms with Gasteiger partial charge in [0.2, 0.25) is 0 Å². The molecular weight excluding hydrogens is 362 g/mol. The van der Waals surface area contributed by atoms with Crippen molar-refractivity contribution in [2.24, 2.45) is 4.99 Å². The summed E-state index contributed by atoms with van der Waals surface area (Å²) in [7, 11) is 1.51. The van der Waals surface area contributed by atoms with Crippen LogP contribution in [-0.2, 0) is 19.7 Å². The number of ether oxygens (including phenoxy) is 3. The molecule has 7 heteroatoms. The van der Waals surface area contributed by atoms with E-state index >= 15 is 0 Å². The van der Waals surface area contributed by atoms with Gasteiger partial charge in [-0.3, -0.25) is 0 Å². The van der Waals surface area contributed by atoms with Crippen LogP contribution in [0.1, 0.15) is 25.0 Å². The molecule has 0 spiro atoms. The average Bonchev–Trinajstić information content (AvgIpc) is 3.00. The van der Waals surface area contributed by atoms with Crippen LogP contribution in [-0.4, -0.2) is 43.1 Å². The number of fused-ring (bicyclic) bond motifs is 1. The summed E-state index contributed by atoms with van der Waals surface area (Å²) in [5.74, 6) is -0.780. The van der Waals surface area contributed by atoms with Crippen LogP contribution < -0.4 is 9.47 Å². The highest BCUT2D eigenvalue weighted by atomic mass is 16.6. The topological polar surface area (TPSA) is 94.4 Å². The lowest BCUT2D eigenvalue weighted by Gasteiger charge is -2.28. The molecule has 146 valence electrons. The van der Waals surface area contributed by atoms with E-state index in [9.17, 15) is 14.7 Å². The number of aliphatic carboxylic acids is 1. The molecule has 1 atom stereocenters. The van der Waals surface area contributed by atoms with Gasteiger partial charge in [0.1, 0.15) is 17.2 Å². The summed E-state index contributed by atoms with van der Waals surface area (Å²) < 4.78 is 15.9. The molecule has 1 unspecified atom stereocenters. The molecule has 2 aromatic rings. The van der Waals surface area contributed by atoms with Crippen molar-refractivity contribution >= 4 is 23.3 Å². The normalized spacial score (nSPS) is 17.5. The molecule has 3 rings (SSSR count). The van der Waals surface area contributed by atoms with Gasteiger partial charge >= 0.3 is 11.9 Å². The number of esters is 1. The van der Waals surface area contributed by atoms with Crippen molar-refractivity contribution in [2.75, 3.05) is 20.3 Å². The Morgan fingerprint density at radius 2 is 1.89 bits per heavy atom. The van der Waals surface area contributed by atoms with Gasteiger partial charge in [-0.25, -0.2) is 14.6 Å². The highest BCUT2D eigenvalue weighted by molar-refractivity contribution is 6.42. The zero-order valence-corrected chi connectivity index (χ0v) is 15.9. The van der Waals surface area contributed by atoms with E-state index < -0.39 is 17.4 Å². The van der Waals surface area contributed by atoms with E-state index in [1.54, 1.807) is 44.2 Å². The lowest BCUT2D eigenvalue weighted by molar-refractivity contribution is -0.145. The van der Waals surface area contributed by atoms with Gasteiger partial charge in [-0.2, -0.15) is 0 Å². The number of aliphatic imine (C=N–C) groups is 1. The summed E-state index contributed by atoms with van der Waals surface area (Å²) in [4.78, 5) is 28.1. The van der Waals surface area contributed by atoms with Gasteiger partial charge < -0.3 is 19.3 Å². The first-order valence-corrected chi connectivity index (χ1v) is 8.80. The molecule has 7 nitrogen and oxygen atoms in total. The van der Waals surface area contributed by atoms with Crippen molar-refractivity contribution in [2.45, 2.75) is 19.3 Å². The predicted octanol–water partition coefficient (Wildman–Crippen LogP) is 3.11. The highest BCUT2D eigenvalue weighted by Gasteiger charge is 2.46. The lowest BCUT2D eigenvalue weighted by Crippen LogP contribution is -2.37. The van der Waals surface area contributed by atoms with Crippen LogP contribution in [0.3, 0.4) is 0 Å². The number of carbonyl (C=O) groups is 2. The van der Waals surface area contributed by atoms with Crippen LogP contribution in [0.4, 0.5) is 5.69 Å². The predicted molar refractivity (Wildman–Crippen MR) is 103 cm³/mol. The highest BCUT2D eigenvalue weighted by Crippen LogP contribution is 2.48. The van der Waals surface area contributed by atoms with Gasteiger partial charge in [0, 0.05) is 11.6 Å². The van der Waals surface area contributed by atoms with Crippen molar-refractivity contribution in [3.63, 3.8) is 0 Å². The molecule has 0 saturated carbocycles. The Morgan fingerprint density at radius 3 is 2.57 bits per heavy atom. The Kier molecular flexibility index (Phi) is 5.35. The third-order valence-corrected chi connectivity index (χ3v) is 4.73. The summed E-state index contributed by atoms with van der Waals surface area (Å²) in [6.45, 7) is 3.44. The number of carboxylic acid groups (broad SMARTS) is 1. The number of carbonyl (C=O) groups excluding carboxylic acids is 1.